The molecule has 130 valence electrons. The van der Waals surface area contributed by atoms with Gasteiger partial charge in [-0.05, 0) is 30.0 Å². The minimum atomic E-state index is -4.56. The van der Waals surface area contributed by atoms with E-state index >= 15 is 0 Å². The fourth-order valence-electron chi connectivity index (χ4n) is 2.05. The minimum absolute atomic E-state index is 0.0194. The predicted octanol–water partition coefficient (Wildman–Crippen LogP) is 4.94. The van der Waals surface area contributed by atoms with Crippen molar-refractivity contribution in [3.05, 3.63) is 41.6 Å². The molecule has 1 aromatic heterocycles. The van der Waals surface area contributed by atoms with E-state index in [0.717, 1.165) is 11.8 Å². The second-order valence-electron chi connectivity index (χ2n) is 6.30. The predicted molar refractivity (Wildman–Crippen MR) is 86.6 cm³/mol. The molecule has 0 amide bonds. The smallest absolute Gasteiger partial charge is 0.423 e. The lowest BCUT2D eigenvalue weighted by Crippen LogP contribution is -2.12. The van der Waals surface area contributed by atoms with Crippen molar-refractivity contribution in [2.24, 2.45) is 0 Å². The van der Waals surface area contributed by atoms with Crippen molar-refractivity contribution in [2.45, 2.75) is 39.3 Å². The quantitative estimate of drug-likeness (QED) is 0.857. The van der Waals surface area contributed by atoms with E-state index in [1.165, 1.54) is 0 Å². The van der Waals surface area contributed by atoms with E-state index < -0.39 is 17.6 Å². The van der Waals surface area contributed by atoms with Crippen molar-refractivity contribution < 1.29 is 17.9 Å². The van der Waals surface area contributed by atoms with Gasteiger partial charge < -0.3 is 10.1 Å². The number of benzene rings is 1. The zero-order valence-electron chi connectivity index (χ0n) is 14.0. The molecule has 24 heavy (non-hydrogen) atoms. The number of nitrogens with zero attached hydrogens (tertiary/aromatic N) is 2. The van der Waals surface area contributed by atoms with Crippen molar-refractivity contribution in [1.82, 2.24) is 9.97 Å². The van der Waals surface area contributed by atoms with Gasteiger partial charge in [-0.2, -0.15) is 18.2 Å². The van der Waals surface area contributed by atoms with Gasteiger partial charge in [-0.25, -0.2) is 4.98 Å². The summed E-state index contributed by atoms with van der Waals surface area (Å²) in [5.74, 6) is -0.427. The zero-order valence-corrected chi connectivity index (χ0v) is 14.0. The maximum Gasteiger partial charge on any atom is 0.423 e. The summed E-state index contributed by atoms with van der Waals surface area (Å²) in [6.07, 6.45) is -3.83. The molecule has 0 fully saturated rings. The average Bonchev–Trinajstić information content (AvgIpc) is 2.46. The maximum absolute atomic E-state index is 12.9. The Morgan fingerprint density at radius 3 is 2.21 bits per heavy atom. The maximum atomic E-state index is 12.9. The third-order valence-electron chi connectivity index (χ3n) is 3.35. The molecule has 0 bridgehead atoms. The average molecular weight is 339 g/mol. The van der Waals surface area contributed by atoms with Gasteiger partial charge in [0.1, 0.15) is 5.56 Å². The molecular formula is C17H20F3N3O. The van der Waals surface area contributed by atoms with Crippen LogP contribution in [-0.4, -0.2) is 16.6 Å². The molecule has 0 atom stereocenters. The van der Waals surface area contributed by atoms with Crippen LogP contribution >= 0.6 is 0 Å². The van der Waals surface area contributed by atoms with E-state index in [1.807, 2.05) is 24.3 Å². The molecule has 0 spiro atoms. The molecule has 7 heteroatoms. The highest BCUT2D eigenvalue weighted by Crippen LogP contribution is 2.35. The number of hydrogen-bond donors (Lipinski definition) is 1. The van der Waals surface area contributed by atoms with E-state index in [-0.39, 0.29) is 18.0 Å². The molecule has 0 aliphatic rings. The van der Waals surface area contributed by atoms with E-state index in [1.54, 1.807) is 6.92 Å². The Morgan fingerprint density at radius 2 is 1.71 bits per heavy atom. The fourth-order valence-corrected chi connectivity index (χ4v) is 2.05. The van der Waals surface area contributed by atoms with Crippen LogP contribution in [0.4, 0.5) is 24.8 Å². The van der Waals surface area contributed by atoms with Crippen molar-refractivity contribution >= 4 is 11.6 Å². The van der Waals surface area contributed by atoms with Gasteiger partial charge >= 0.3 is 6.18 Å². The first-order valence-electron chi connectivity index (χ1n) is 7.56. The van der Waals surface area contributed by atoms with Crippen LogP contribution in [0.5, 0.6) is 5.88 Å². The Morgan fingerprint density at radius 1 is 1.08 bits per heavy atom. The summed E-state index contributed by atoms with van der Waals surface area (Å²) in [6, 6.07) is 7.58. The van der Waals surface area contributed by atoms with Crippen molar-refractivity contribution in [2.75, 3.05) is 11.9 Å². The summed E-state index contributed by atoms with van der Waals surface area (Å²) in [4.78, 5) is 7.56. The lowest BCUT2D eigenvalue weighted by molar-refractivity contribution is -0.139. The number of ether oxygens (including phenoxy) is 1. The third kappa shape index (κ3) is 4.37. The van der Waals surface area contributed by atoms with E-state index in [9.17, 15) is 13.2 Å². The number of nitrogens with one attached hydrogen (secondary N) is 1. The summed E-state index contributed by atoms with van der Waals surface area (Å²) >= 11 is 0. The largest absolute Gasteiger partial charge is 0.477 e. The standard InChI is InChI=1S/C17H20F3N3O/c1-5-24-14-13(17(18,19)20)10-21-15(23-14)22-12-8-6-11(7-9-12)16(2,3)4/h6-10H,5H2,1-4H3,(H,21,22,23). The van der Waals surface area contributed by atoms with E-state index in [4.69, 9.17) is 4.74 Å². The Kier molecular flexibility index (Phi) is 5.01. The van der Waals surface area contributed by atoms with Crippen molar-refractivity contribution in [3.63, 3.8) is 0 Å². The zero-order chi connectivity index (χ0) is 18.0. The van der Waals surface area contributed by atoms with Crippen molar-refractivity contribution in [1.29, 1.82) is 0 Å². The van der Waals surface area contributed by atoms with Crippen LogP contribution in [0.25, 0.3) is 0 Å². The number of hydrogen-bond acceptors (Lipinski definition) is 4. The SMILES string of the molecule is CCOc1nc(Nc2ccc(C(C)(C)C)cc2)ncc1C(F)(F)F. The first-order chi connectivity index (χ1) is 11.1. The monoisotopic (exact) mass is 339 g/mol. The summed E-state index contributed by atoms with van der Waals surface area (Å²) in [5, 5.41) is 2.89. The Labute approximate surface area is 139 Å². The lowest BCUT2D eigenvalue weighted by Gasteiger charge is -2.19. The Hall–Kier alpha value is -2.31. The van der Waals surface area contributed by atoms with Crippen LogP contribution < -0.4 is 10.1 Å². The highest BCUT2D eigenvalue weighted by atomic mass is 19.4. The van der Waals surface area contributed by atoms with E-state index in [0.29, 0.717) is 5.69 Å². The molecule has 0 aliphatic carbocycles. The van der Waals surface area contributed by atoms with Gasteiger partial charge in [-0.3, -0.25) is 0 Å². The molecule has 2 aromatic rings. The Bertz CT molecular complexity index is 692. The third-order valence-corrected chi connectivity index (χ3v) is 3.35. The first-order valence-corrected chi connectivity index (χ1v) is 7.56. The molecular weight excluding hydrogens is 319 g/mol. The van der Waals surface area contributed by atoms with Crippen LogP contribution in [0.2, 0.25) is 0 Å². The fraction of sp³-hybridized carbons (Fsp3) is 0.412. The first kappa shape index (κ1) is 18.0. The molecule has 0 saturated heterocycles. The van der Waals surface area contributed by atoms with Crippen LogP contribution in [-0.2, 0) is 11.6 Å². The van der Waals surface area contributed by atoms with Crippen LogP contribution in [0.3, 0.4) is 0 Å². The summed E-state index contributed by atoms with van der Waals surface area (Å²) < 4.78 is 43.7. The minimum Gasteiger partial charge on any atom is -0.477 e. The van der Waals surface area contributed by atoms with Gasteiger partial charge in [0.25, 0.3) is 0 Å². The summed E-state index contributed by atoms with van der Waals surface area (Å²) in [5.41, 5.74) is 0.866. The number of rotatable bonds is 4. The number of anilines is 2. The highest BCUT2D eigenvalue weighted by Gasteiger charge is 2.36. The number of aromatic nitrogens is 2. The lowest BCUT2D eigenvalue weighted by atomic mass is 9.87. The highest BCUT2D eigenvalue weighted by molar-refractivity contribution is 5.54. The molecule has 4 nitrogen and oxygen atoms in total. The topological polar surface area (TPSA) is 47.0 Å². The molecule has 0 saturated carbocycles. The van der Waals surface area contributed by atoms with Gasteiger partial charge in [-0.15, -0.1) is 0 Å². The molecule has 2 rings (SSSR count). The number of halogens is 3. The van der Waals surface area contributed by atoms with Crippen molar-refractivity contribution in [3.8, 4) is 5.88 Å². The second-order valence-corrected chi connectivity index (χ2v) is 6.30. The molecule has 0 radical (unpaired) electrons. The van der Waals surface area contributed by atoms with Gasteiger partial charge in [0.05, 0.1) is 6.61 Å². The second kappa shape index (κ2) is 6.67. The molecule has 0 unspecified atom stereocenters. The Balaban J connectivity index is 2.25. The number of alkyl halides is 3. The normalized spacial score (nSPS) is 12.1. The summed E-state index contributed by atoms with van der Waals surface area (Å²) in [6.45, 7) is 7.98. The summed E-state index contributed by atoms with van der Waals surface area (Å²) in [7, 11) is 0. The van der Waals surface area contributed by atoms with Crippen LogP contribution in [0.1, 0.15) is 38.8 Å². The van der Waals surface area contributed by atoms with Gasteiger partial charge in [0.15, 0.2) is 0 Å². The molecule has 1 aromatic carbocycles. The molecule has 1 heterocycles. The van der Waals surface area contributed by atoms with Gasteiger partial charge in [-0.1, -0.05) is 32.9 Å². The van der Waals surface area contributed by atoms with Crippen LogP contribution in [0.15, 0.2) is 30.5 Å². The molecule has 1 N–H and O–H groups in total. The van der Waals surface area contributed by atoms with E-state index in [2.05, 4.69) is 36.1 Å². The van der Waals surface area contributed by atoms with Gasteiger partial charge in [0, 0.05) is 11.9 Å². The van der Waals surface area contributed by atoms with Crippen LogP contribution in [0, 0.1) is 0 Å². The molecule has 0 aliphatic heterocycles. The van der Waals surface area contributed by atoms with Gasteiger partial charge in [0.2, 0.25) is 11.8 Å².